The number of hydrogen-bond donors (Lipinski definition) is 2. The maximum Gasteiger partial charge on any atom is 0.252 e. The lowest BCUT2D eigenvalue weighted by Gasteiger charge is -2.09. The van der Waals surface area contributed by atoms with E-state index in [1.165, 1.54) is 18.2 Å². The van der Waals surface area contributed by atoms with Gasteiger partial charge in [-0.2, -0.15) is 0 Å². The van der Waals surface area contributed by atoms with Crippen LogP contribution < -0.4 is 10.9 Å². The molecule has 0 atom stereocenters. The molecule has 2 rings (SSSR count). The largest absolute Gasteiger partial charge is 0.370 e. The first-order valence-electron chi connectivity index (χ1n) is 6.64. The summed E-state index contributed by atoms with van der Waals surface area (Å²) in [6.45, 7) is 4.58. The van der Waals surface area contributed by atoms with Crippen molar-refractivity contribution < 1.29 is 4.39 Å². The first-order valence-corrected chi connectivity index (χ1v) is 6.64. The number of H-pyrrole nitrogens is 1. The van der Waals surface area contributed by atoms with E-state index in [-0.39, 0.29) is 17.3 Å². The average Bonchev–Trinajstić information content (AvgIpc) is 2.40. The number of halogens is 1. The van der Waals surface area contributed by atoms with Gasteiger partial charge in [0, 0.05) is 18.5 Å². The highest BCUT2D eigenvalue weighted by Gasteiger charge is 2.04. The van der Waals surface area contributed by atoms with Crippen LogP contribution >= 0.6 is 0 Å². The lowest BCUT2D eigenvalue weighted by Crippen LogP contribution is -2.15. The van der Waals surface area contributed by atoms with E-state index in [1.54, 1.807) is 12.1 Å². The number of nitrogens with one attached hydrogen (secondary N) is 2. The van der Waals surface area contributed by atoms with Crippen LogP contribution in [0.5, 0.6) is 0 Å². The fraction of sp³-hybridized carbons (Fsp3) is 0.333. The summed E-state index contributed by atoms with van der Waals surface area (Å²) in [6.07, 6.45) is 0.742. The Kier molecular flexibility index (Phi) is 4.50. The van der Waals surface area contributed by atoms with Gasteiger partial charge in [0.05, 0.1) is 0 Å². The molecule has 106 valence electrons. The van der Waals surface area contributed by atoms with Gasteiger partial charge < -0.3 is 10.3 Å². The zero-order chi connectivity index (χ0) is 14.5. The molecule has 0 fully saturated rings. The van der Waals surface area contributed by atoms with Crippen molar-refractivity contribution >= 4 is 5.82 Å². The molecular formula is C15H18FN3O. The Morgan fingerprint density at radius 2 is 2.00 bits per heavy atom. The lowest BCUT2D eigenvalue weighted by molar-refractivity contribution is 0.627. The topological polar surface area (TPSA) is 57.8 Å². The quantitative estimate of drug-likeness (QED) is 0.882. The second-order valence-electron chi connectivity index (χ2n) is 4.97. The monoisotopic (exact) mass is 275 g/mol. The van der Waals surface area contributed by atoms with E-state index in [0.29, 0.717) is 18.2 Å². The van der Waals surface area contributed by atoms with Gasteiger partial charge in [-0.3, -0.25) is 4.79 Å². The van der Waals surface area contributed by atoms with Crippen LogP contribution in [0.25, 0.3) is 0 Å². The highest BCUT2D eigenvalue weighted by molar-refractivity contribution is 5.33. The Hall–Kier alpha value is -2.17. The van der Waals surface area contributed by atoms with Crippen molar-refractivity contribution in [2.75, 3.05) is 11.9 Å². The van der Waals surface area contributed by atoms with Crippen LogP contribution in [0.1, 0.15) is 31.2 Å². The molecule has 0 aliphatic rings. The fourth-order valence-electron chi connectivity index (χ4n) is 1.83. The predicted molar refractivity (Wildman–Crippen MR) is 77.5 cm³/mol. The number of benzene rings is 1. The van der Waals surface area contributed by atoms with Crippen molar-refractivity contribution in [1.82, 2.24) is 9.97 Å². The van der Waals surface area contributed by atoms with E-state index >= 15 is 0 Å². The average molecular weight is 275 g/mol. The molecule has 4 nitrogen and oxygen atoms in total. The fourth-order valence-corrected chi connectivity index (χ4v) is 1.83. The van der Waals surface area contributed by atoms with Crippen molar-refractivity contribution in [3.63, 3.8) is 0 Å². The number of rotatable bonds is 5. The molecule has 1 aromatic heterocycles. The van der Waals surface area contributed by atoms with Crippen molar-refractivity contribution in [2.45, 2.75) is 26.2 Å². The lowest BCUT2D eigenvalue weighted by atomic mass is 10.1. The number of hydrogen-bond acceptors (Lipinski definition) is 3. The minimum absolute atomic E-state index is 0.159. The highest BCUT2D eigenvalue weighted by Crippen LogP contribution is 2.09. The van der Waals surface area contributed by atoms with Crippen LogP contribution in [0.15, 0.2) is 35.1 Å². The number of aromatic amines is 1. The van der Waals surface area contributed by atoms with Crippen molar-refractivity contribution in [2.24, 2.45) is 0 Å². The molecule has 0 spiro atoms. The van der Waals surface area contributed by atoms with Gasteiger partial charge in [-0.15, -0.1) is 0 Å². The maximum absolute atomic E-state index is 12.8. The highest BCUT2D eigenvalue weighted by atomic mass is 19.1. The molecule has 0 unspecified atom stereocenters. The van der Waals surface area contributed by atoms with Gasteiger partial charge in [-0.1, -0.05) is 26.0 Å². The summed E-state index contributed by atoms with van der Waals surface area (Å²) in [5.74, 6) is 1.17. The van der Waals surface area contributed by atoms with Crippen molar-refractivity contribution in [1.29, 1.82) is 0 Å². The third-order valence-corrected chi connectivity index (χ3v) is 2.94. The normalized spacial score (nSPS) is 10.8. The summed E-state index contributed by atoms with van der Waals surface area (Å²) in [7, 11) is 0. The minimum Gasteiger partial charge on any atom is -0.370 e. The maximum atomic E-state index is 12.8. The summed E-state index contributed by atoms with van der Waals surface area (Å²) in [5.41, 5.74) is 0.876. The Morgan fingerprint density at radius 1 is 1.30 bits per heavy atom. The van der Waals surface area contributed by atoms with E-state index in [2.05, 4.69) is 15.3 Å². The Morgan fingerprint density at radius 3 is 2.65 bits per heavy atom. The molecule has 0 aliphatic heterocycles. The summed E-state index contributed by atoms with van der Waals surface area (Å²) < 4.78 is 12.8. The van der Waals surface area contributed by atoms with Crippen LogP contribution in [0, 0.1) is 5.82 Å². The standard InChI is InChI=1S/C15H18FN3O/c1-10(2)15-18-13(9-14(20)19-15)17-8-7-11-3-5-12(16)6-4-11/h3-6,9-10H,7-8H2,1-2H3,(H2,17,18,19,20). The van der Waals surface area contributed by atoms with Crippen molar-refractivity contribution in [3.05, 3.63) is 57.9 Å². The molecule has 0 saturated carbocycles. The molecule has 1 aromatic carbocycles. The zero-order valence-corrected chi connectivity index (χ0v) is 11.6. The first kappa shape index (κ1) is 14.2. The molecule has 1 heterocycles. The molecule has 20 heavy (non-hydrogen) atoms. The third kappa shape index (κ3) is 3.91. The SMILES string of the molecule is CC(C)c1nc(NCCc2ccc(F)cc2)cc(=O)[nH]1. The molecule has 2 aromatic rings. The molecule has 0 amide bonds. The van der Waals surface area contributed by atoms with Gasteiger partial charge in [0.2, 0.25) is 0 Å². The third-order valence-electron chi connectivity index (χ3n) is 2.94. The van der Waals surface area contributed by atoms with Crippen LogP contribution in [-0.4, -0.2) is 16.5 Å². The van der Waals surface area contributed by atoms with E-state index in [1.807, 2.05) is 13.8 Å². The van der Waals surface area contributed by atoms with Gasteiger partial charge in [-0.25, -0.2) is 9.37 Å². The molecule has 0 aliphatic carbocycles. The van der Waals surface area contributed by atoms with E-state index < -0.39 is 0 Å². The van der Waals surface area contributed by atoms with Gasteiger partial charge in [0.1, 0.15) is 17.5 Å². The first-order chi connectivity index (χ1) is 9.54. The number of anilines is 1. The Labute approximate surface area is 117 Å². The smallest absolute Gasteiger partial charge is 0.252 e. The van der Waals surface area contributed by atoms with E-state index in [0.717, 1.165) is 12.0 Å². The van der Waals surface area contributed by atoms with Gasteiger partial charge in [0.15, 0.2) is 0 Å². The van der Waals surface area contributed by atoms with Gasteiger partial charge in [-0.05, 0) is 24.1 Å². The second kappa shape index (κ2) is 6.32. The van der Waals surface area contributed by atoms with Crippen LogP contribution in [0.3, 0.4) is 0 Å². The van der Waals surface area contributed by atoms with Gasteiger partial charge in [0.25, 0.3) is 5.56 Å². The van der Waals surface area contributed by atoms with Crippen molar-refractivity contribution in [3.8, 4) is 0 Å². The summed E-state index contributed by atoms with van der Waals surface area (Å²) in [6, 6.07) is 7.83. The number of nitrogens with zero attached hydrogens (tertiary/aromatic N) is 1. The van der Waals surface area contributed by atoms with E-state index in [9.17, 15) is 9.18 Å². The molecular weight excluding hydrogens is 257 g/mol. The zero-order valence-electron chi connectivity index (χ0n) is 11.6. The molecule has 0 saturated heterocycles. The molecule has 0 bridgehead atoms. The molecule has 5 heteroatoms. The molecule has 2 N–H and O–H groups in total. The Balaban J connectivity index is 1.97. The van der Waals surface area contributed by atoms with Crippen LogP contribution in [0.4, 0.5) is 10.2 Å². The summed E-state index contributed by atoms with van der Waals surface area (Å²) in [5, 5.41) is 3.12. The summed E-state index contributed by atoms with van der Waals surface area (Å²) in [4.78, 5) is 18.6. The second-order valence-corrected chi connectivity index (χ2v) is 4.97. The number of aromatic nitrogens is 2. The van der Waals surface area contributed by atoms with E-state index in [4.69, 9.17) is 0 Å². The predicted octanol–water partition coefficient (Wildman–Crippen LogP) is 2.69. The summed E-state index contributed by atoms with van der Waals surface area (Å²) >= 11 is 0. The van der Waals surface area contributed by atoms with Gasteiger partial charge >= 0.3 is 0 Å². The minimum atomic E-state index is -0.237. The van der Waals surface area contributed by atoms with Crippen LogP contribution in [0.2, 0.25) is 0 Å². The molecule has 0 radical (unpaired) electrons. The van der Waals surface area contributed by atoms with Crippen LogP contribution in [-0.2, 0) is 6.42 Å². The Bertz CT molecular complexity index is 620.